The Kier molecular flexibility index (Phi) is 10.7. The molecule has 4 aliphatic rings. The quantitative estimate of drug-likeness (QED) is 0.162. The molecule has 0 spiro atoms. The molecule has 1 aromatic carbocycles. The molecule has 1 N–H and O–H groups in total. The van der Waals surface area contributed by atoms with Crippen LogP contribution in [-0.2, 0) is 18.9 Å². The Bertz CT molecular complexity index is 1260. The van der Waals surface area contributed by atoms with Gasteiger partial charge in [-0.25, -0.2) is 0 Å². The van der Waals surface area contributed by atoms with Gasteiger partial charge in [0.1, 0.15) is 29.5 Å². The van der Waals surface area contributed by atoms with E-state index in [0.717, 1.165) is 36.6 Å². The highest BCUT2D eigenvalue weighted by Crippen LogP contribution is 2.56. The number of hydrogen-bond acceptors (Lipinski definition) is 6. The molecule has 4 heterocycles. The molecule has 228 valence electrons. The fourth-order valence-electron chi connectivity index (χ4n) is 6.53. The van der Waals surface area contributed by atoms with E-state index in [2.05, 4.69) is 22.9 Å². The summed E-state index contributed by atoms with van der Waals surface area (Å²) in [4.78, 5) is 0. The first-order chi connectivity index (χ1) is 21.1. The minimum absolute atomic E-state index is 0.346. The van der Waals surface area contributed by atoms with Crippen molar-refractivity contribution in [3.63, 3.8) is 0 Å². The van der Waals surface area contributed by atoms with E-state index in [1.165, 1.54) is 6.42 Å². The van der Waals surface area contributed by atoms with Gasteiger partial charge >= 0.3 is 0 Å². The summed E-state index contributed by atoms with van der Waals surface area (Å²) in [5.41, 5.74) is -1.30. The number of rotatable bonds is 14. The SMILES string of the molecule is CCCCCCCC(C1C=CC=CO1)C(C1C=CC=CO1)(C1C=CC=CO1)C(O)(Oc1ccc(Br)cc1)C1C=CC=CO1. The Morgan fingerprint density at radius 3 is 1.74 bits per heavy atom. The van der Waals surface area contributed by atoms with E-state index >= 15 is 0 Å². The molecule has 0 radical (unpaired) electrons. The van der Waals surface area contributed by atoms with Gasteiger partial charge in [-0.1, -0.05) is 79.3 Å². The van der Waals surface area contributed by atoms with Crippen molar-refractivity contribution in [2.45, 2.75) is 75.7 Å². The van der Waals surface area contributed by atoms with Gasteiger partial charge in [0.2, 0.25) is 0 Å². The first kappa shape index (κ1) is 31.0. The lowest BCUT2D eigenvalue weighted by Crippen LogP contribution is -2.73. The maximum Gasteiger partial charge on any atom is 0.262 e. The van der Waals surface area contributed by atoms with E-state index in [1.54, 1.807) is 31.1 Å². The van der Waals surface area contributed by atoms with Gasteiger partial charge in [-0.3, -0.25) is 0 Å². The Morgan fingerprint density at radius 2 is 1.23 bits per heavy atom. The van der Waals surface area contributed by atoms with Crippen molar-refractivity contribution in [3.05, 3.63) is 127 Å². The number of aliphatic hydroxyl groups is 1. The smallest absolute Gasteiger partial charge is 0.262 e. The molecule has 4 aliphatic heterocycles. The van der Waals surface area contributed by atoms with Gasteiger partial charge in [0, 0.05) is 10.4 Å². The van der Waals surface area contributed by atoms with E-state index in [9.17, 15) is 5.11 Å². The minimum Gasteiger partial charge on any atom is -0.494 e. The third-order valence-corrected chi connectivity index (χ3v) is 9.02. The Balaban J connectivity index is 1.73. The van der Waals surface area contributed by atoms with Gasteiger partial charge in [0.05, 0.1) is 25.0 Å². The number of unbranched alkanes of at least 4 members (excludes halogenated alkanes) is 4. The minimum atomic E-state index is -2.02. The molecule has 6 unspecified atom stereocenters. The van der Waals surface area contributed by atoms with Crippen molar-refractivity contribution in [3.8, 4) is 5.75 Å². The third-order valence-electron chi connectivity index (χ3n) is 8.49. The second-order valence-corrected chi connectivity index (χ2v) is 12.0. The standard InChI is InChI=1S/C36H41BrO6/c1-2-3-4-5-6-15-30(31-16-7-11-24-39-31)35(32-17-8-12-25-40-32,33-18-9-13-26-41-33)36(38,34-19-10-14-27-42-34)43-29-22-20-28(37)21-23-29/h7-14,16-27,30-34,38H,2-6,15H2,1H3. The van der Waals surface area contributed by atoms with Crippen LogP contribution in [0.25, 0.3) is 0 Å². The average molecular weight is 650 g/mol. The molecule has 1 aromatic rings. The lowest BCUT2D eigenvalue weighted by Gasteiger charge is -2.58. The van der Waals surface area contributed by atoms with Gasteiger partial charge in [-0.05, 0) is 79.3 Å². The summed E-state index contributed by atoms with van der Waals surface area (Å²) in [6.07, 6.45) is 33.1. The van der Waals surface area contributed by atoms with Crippen LogP contribution in [0.3, 0.4) is 0 Å². The van der Waals surface area contributed by atoms with Gasteiger partial charge < -0.3 is 28.8 Å². The topological polar surface area (TPSA) is 66.4 Å². The largest absolute Gasteiger partial charge is 0.494 e. The summed E-state index contributed by atoms with van der Waals surface area (Å²) in [5, 5.41) is 13.5. The molecule has 7 heteroatoms. The first-order valence-electron chi connectivity index (χ1n) is 15.2. The molecule has 0 saturated heterocycles. The van der Waals surface area contributed by atoms with Gasteiger partial charge in [-0.15, -0.1) is 0 Å². The normalized spacial score (nSPS) is 26.9. The third kappa shape index (κ3) is 6.73. The van der Waals surface area contributed by atoms with Crippen molar-refractivity contribution in [2.24, 2.45) is 11.3 Å². The van der Waals surface area contributed by atoms with E-state index in [1.807, 2.05) is 91.1 Å². The van der Waals surface area contributed by atoms with Crippen molar-refractivity contribution in [1.82, 2.24) is 0 Å². The number of benzene rings is 1. The van der Waals surface area contributed by atoms with Crippen LogP contribution < -0.4 is 4.74 Å². The summed E-state index contributed by atoms with van der Waals surface area (Å²) in [6, 6.07) is 7.43. The van der Waals surface area contributed by atoms with Crippen molar-refractivity contribution >= 4 is 15.9 Å². The van der Waals surface area contributed by atoms with Crippen LogP contribution in [0.1, 0.15) is 45.4 Å². The lowest BCUT2D eigenvalue weighted by atomic mass is 9.56. The molecular formula is C36H41BrO6. The molecule has 5 rings (SSSR count). The first-order valence-corrected chi connectivity index (χ1v) is 16.0. The van der Waals surface area contributed by atoms with Crippen molar-refractivity contribution in [1.29, 1.82) is 0 Å². The second kappa shape index (κ2) is 14.8. The van der Waals surface area contributed by atoms with E-state index < -0.39 is 35.6 Å². The Labute approximate surface area is 263 Å². The predicted octanol–water partition coefficient (Wildman–Crippen LogP) is 8.35. The highest BCUT2D eigenvalue weighted by atomic mass is 79.9. The van der Waals surface area contributed by atoms with E-state index in [0.29, 0.717) is 5.75 Å². The maximum absolute atomic E-state index is 13.5. The van der Waals surface area contributed by atoms with Crippen LogP contribution in [0.15, 0.2) is 127 Å². The fourth-order valence-corrected chi connectivity index (χ4v) is 6.79. The second-order valence-electron chi connectivity index (χ2n) is 11.1. The zero-order chi connectivity index (χ0) is 30.0. The van der Waals surface area contributed by atoms with Crippen LogP contribution in [0.2, 0.25) is 0 Å². The Hall–Kier alpha value is -3.42. The molecule has 0 amide bonds. The molecule has 6 nitrogen and oxygen atoms in total. The molecule has 6 atom stereocenters. The molecule has 0 fully saturated rings. The zero-order valence-corrected chi connectivity index (χ0v) is 26.1. The molecule has 0 aliphatic carbocycles. The average Bonchev–Trinajstić information content (AvgIpc) is 3.07. The summed E-state index contributed by atoms with van der Waals surface area (Å²) in [5.74, 6) is -1.88. The molecular weight excluding hydrogens is 608 g/mol. The highest BCUT2D eigenvalue weighted by molar-refractivity contribution is 9.10. The molecule has 43 heavy (non-hydrogen) atoms. The Morgan fingerprint density at radius 1 is 0.698 bits per heavy atom. The maximum atomic E-state index is 13.5. The summed E-state index contributed by atoms with van der Waals surface area (Å²) < 4.78 is 33.2. The van der Waals surface area contributed by atoms with E-state index in [-0.39, 0.29) is 5.92 Å². The number of hydrogen-bond donors (Lipinski definition) is 1. The van der Waals surface area contributed by atoms with Crippen LogP contribution in [0, 0.1) is 11.3 Å². The number of halogens is 1. The van der Waals surface area contributed by atoms with Gasteiger partial charge in [0.15, 0.2) is 6.10 Å². The summed E-state index contributed by atoms with van der Waals surface area (Å²) in [7, 11) is 0. The summed E-state index contributed by atoms with van der Waals surface area (Å²) >= 11 is 3.52. The fraction of sp³-hybridized carbons (Fsp3) is 0.389. The lowest BCUT2D eigenvalue weighted by molar-refractivity contribution is -0.325. The van der Waals surface area contributed by atoms with Gasteiger partial charge in [0.25, 0.3) is 5.79 Å². The number of ether oxygens (including phenoxy) is 5. The van der Waals surface area contributed by atoms with Gasteiger partial charge in [-0.2, -0.15) is 0 Å². The van der Waals surface area contributed by atoms with Crippen molar-refractivity contribution in [2.75, 3.05) is 0 Å². The molecule has 0 bridgehead atoms. The van der Waals surface area contributed by atoms with Crippen LogP contribution in [0.4, 0.5) is 0 Å². The molecule has 0 aromatic heterocycles. The van der Waals surface area contributed by atoms with Crippen LogP contribution in [-0.4, -0.2) is 35.3 Å². The molecule has 0 saturated carbocycles. The predicted molar refractivity (Wildman–Crippen MR) is 172 cm³/mol. The highest BCUT2D eigenvalue weighted by Gasteiger charge is 2.71. The number of allylic oxidation sites excluding steroid dienone is 8. The monoisotopic (exact) mass is 648 g/mol. The summed E-state index contributed by atoms with van der Waals surface area (Å²) in [6.45, 7) is 2.22. The van der Waals surface area contributed by atoms with Crippen LogP contribution in [0.5, 0.6) is 5.75 Å². The van der Waals surface area contributed by atoms with E-state index in [4.69, 9.17) is 23.7 Å². The van der Waals surface area contributed by atoms with Crippen molar-refractivity contribution < 1.29 is 28.8 Å². The van der Waals surface area contributed by atoms with Crippen LogP contribution >= 0.6 is 15.9 Å². The zero-order valence-electron chi connectivity index (χ0n) is 24.5.